The van der Waals surface area contributed by atoms with Crippen LogP contribution in [0.15, 0.2) is 18.2 Å². The zero-order valence-corrected chi connectivity index (χ0v) is 8.40. The first-order valence-corrected chi connectivity index (χ1v) is 5.35. The van der Waals surface area contributed by atoms with Gasteiger partial charge in [0.05, 0.1) is 0 Å². The largest absolute Gasteiger partial charge is 0.385 e. The summed E-state index contributed by atoms with van der Waals surface area (Å²) in [5.41, 5.74) is 4.12. The Balaban J connectivity index is 2.24. The first-order valence-electron chi connectivity index (χ1n) is 4.82. The minimum absolute atomic E-state index is 0.714. The highest BCUT2D eigenvalue weighted by Crippen LogP contribution is 2.23. The van der Waals surface area contributed by atoms with Gasteiger partial charge in [0.15, 0.2) is 0 Å². The third-order valence-corrected chi connectivity index (χ3v) is 2.68. The Morgan fingerprint density at radius 1 is 1.38 bits per heavy atom. The monoisotopic (exact) mass is 195 g/mol. The molecule has 0 saturated carbocycles. The number of halogens is 1. The van der Waals surface area contributed by atoms with Crippen LogP contribution in [0.5, 0.6) is 0 Å². The third kappa shape index (κ3) is 1.97. The predicted molar refractivity (Wildman–Crippen MR) is 57.7 cm³/mol. The van der Waals surface area contributed by atoms with E-state index >= 15 is 0 Å². The molecule has 0 fully saturated rings. The minimum Gasteiger partial charge on any atom is -0.385 e. The summed E-state index contributed by atoms with van der Waals surface area (Å²) < 4.78 is 0. The number of hydrogen-bond donors (Lipinski definition) is 1. The van der Waals surface area contributed by atoms with Crippen molar-refractivity contribution in [1.29, 1.82) is 0 Å². The van der Waals surface area contributed by atoms with Gasteiger partial charge in [-0.05, 0) is 36.5 Å². The molecule has 0 unspecified atom stereocenters. The summed E-state index contributed by atoms with van der Waals surface area (Å²) in [6.45, 7) is 1.11. The maximum atomic E-state index is 5.70. The molecular weight excluding hydrogens is 182 g/mol. The molecule has 1 aliphatic heterocycles. The average Bonchev–Trinajstić information content (AvgIpc) is 2.18. The molecule has 0 aliphatic carbocycles. The van der Waals surface area contributed by atoms with E-state index in [4.69, 9.17) is 11.6 Å². The second-order valence-electron chi connectivity index (χ2n) is 3.46. The van der Waals surface area contributed by atoms with E-state index in [1.54, 1.807) is 0 Å². The van der Waals surface area contributed by atoms with E-state index in [2.05, 4.69) is 23.5 Å². The number of fused-ring (bicyclic) bond motifs is 1. The van der Waals surface area contributed by atoms with Crippen molar-refractivity contribution in [2.45, 2.75) is 19.3 Å². The van der Waals surface area contributed by atoms with Gasteiger partial charge in [0.25, 0.3) is 0 Å². The summed E-state index contributed by atoms with van der Waals surface area (Å²) >= 11 is 5.70. The van der Waals surface area contributed by atoms with E-state index in [1.165, 1.54) is 29.7 Å². The molecule has 1 nitrogen and oxygen atoms in total. The Kier molecular flexibility index (Phi) is 2.74. The quantitative estimate of drug-likeness (QED) is 0.716. The van der Waals surface area contributed by atoms with Crippen LogP contribution in [0.1, 0.15) is 17.5 Å². The van der Waals surface area contributed by atoms with Crippen molar-refractivity contribution in [3.8, 4) is 0 Å². The summed E-state index contributed by atoms with van der Waals surface area (Å²) in [4.78, 5) is 0. The highest BCUT2D eigenvalue weighted by molar-refractivity contribution is 6.17. The molecule has 0 spiro atoms. The van der Waals surface area contributed by atoms with Crippen LogP contribution in [0.3, 0.4) is 0 Å². The molecule has 13 heavy (non-hydrogen) atoms. The number of nitrogens with one attached hydrogen (secondary N) is 1. The standard InChI is InChI=1S/C11H14ClN/c12-6-5-9-3-4-11-10(8-9)2-1-7-13-11/h3-4,8,13H,1-2,5-7H2. The molecular formula is C11H14ClN. The van der Waals surface area contributed by atoms with Crippen LogP contribution >= 0.6 is 11.6 Å². The molecule has 70 valence electrons. The fourth-order valence-electron chi connectivity index (χ4n) is 1.79. The normalized spacial score (nSPS) is 14.8. The summed E-state index contributed by atoms with van der Waals surface area (Å²) in [5.74, 6) is 0.714. The minimum atomic E-state index is 0.714. The molecule has 0 atom stereocenters. The van der Waals surface area contributed by atoms with Gasteiger partial charge in [-0.25, -0.2) is 0 Å². The average molecular weight is 196 g/mol. The summed E-state index contributed by atoms with van der Waals surface area (Å²) in [7, 11) is 0. The number of benzene rings is 1. The summed E-state index contributed by atoms with van der Waals surface area (Å²) in [6.07, 6.45) is 3.44. The molecule has 0 amide bonds. The van der Waals surface area contributed by atoms with E-state index in [-0.39, 0.29) is 0 Å². The molecule has 2 rings (SSSR count). The van der Waals surface area contributed by atoms with Crippen LogP contribution in [0.4, 0.5) is 5.69 Å². The fourth-order valence-corrected chi connectivity index (χ4v) is 2.01. The Morgan fingerprint density at radius 3 is 3.15 bits per heavy atom. The number of anilines is 1. The van der Waals surface area contributed by atoms with E-state index in [1.807, 2.05) is 0 Å². The van der Waals surface area contributed by atoms with Gasteiger partial charge in [0, 0.05) is 18.1 Å². The SMILES string of the molecule is ClCCc1ccc2c(c1)CCCN2. The van der Waals surface area contributed by atoms with Crippen molar-refractivity contribution in [3.05, 3.63) is 29.3 Å². The summed E-state index contributed by atoms with van der Waals surface area (Å²) in [5, 5.41) is 3.40. The molecule has 1 aromatic carbocycles. The Labute approximate surface area is 84.1 Å². The lowest BCUT2D eigenvalue weighted by molar-refractivity contribution is 0.828. The van der Waals surface area contributed by atoms with Gasteiger partial charge in [-0.1, -0.05) is 12.1 Å². The van der Waals surface area contributed by atoms with Gasteiger partial charge in [-0.15, -0.1) is 11.6 Å². The molecule has 1 aromatic rings. The van der Waals surface area contributed by atoms with Gasteiger partial charge >= 0.3 is 0 Å². The first-order chi connectivity index (χ1) is 6.40. The van der Waals surface area contributed by atoms with Gasteiger partial charge in [-0.2, -0.15) is 0 Å². The highest BCUT2D eigenvalue weighted by atomic mass is 35.5. The van der Waals surface area contributed by atoms with E-state index in [0.717, 1.165) is 13.0 Å². The second-order valence-corrected chi connectivity index (χ2v) is 3.84. The first kappa shape index (κ1) is 8.89. The molecule has 0 bridgehead atoms. The summed E-state index contributed by atoms with van der Waals surface area (Å²) in [6, 6.07) is 6.62. The lowest BCUT2D eigenvalue weighted by Crippen LogP contribution is -2.11. The van der Waals surface area contributed by atoms with Crippen molar-refractivity contribution < 1.29 is 0 Å². The maximum Gasteiger partial charge on any atom is 0.0372 e. The number of rotatable bonds is 2. The van der Waals surface area contributed by atoms with Gasteiger partial charge in [0.2, 0.25) is 0 Å². The zero-order chi connectivity index (χ0) is 9.10. The van der Waals surface area contributed by atoms with E-state index in [9.17, 15) is 0 Å². The van der Waals surface area contributed by atoms with Crippen LogP contribution in [0.25, 0.3) is 0 Å². The van der Waals surface area contributed by atoms with Crippen LogP contribution < -0.4 is 5.32 Å². The van der Waals surface area contributed by atoms with Gasteiger partial charge < -0.3 is 5.32 Å². The zero-order valence-electron chi connectivity index (χ0n) is 7.65. The van der Waals surface area contributed by atoms with Crippen molar-refractivity contribution in [2.24, 2.45) is 0 Å². The molecule has 0 saturated heterocycles. The third-order valence-electron chi connectivity index (χ3n) is 2.49. The molecule has 1 heterocycles. The van der Waals surface area contributed by atoms with Crippen molar-refractivity contribution >= 4 is 17.3 Å². The van der Waals surface area contributed by atoms with E-state index in [0.29, 0.717) is 5.88 Å². The lowest BCUT2D eigenvalue weighted by Gasteiger charge is -2.18. The smallest absolute Gasteiger partial charge is 0.0372 e. The highest BCUT2D eigenvalue weighted by Gasteiger charge is 2.07. The Bertz CT molecular complexity index is 296. The molecule has 1 aliphatic rings. The molecule has 1 N–H and O–H groups in total. The predicted octanol–water partition coefficient (Wildman–Crippen LogP) is 2.83. The fraction of sp³-hybridized carbons (Fsp3) is 0.455. The topological polar surface area (TPSA) is 12.0 Å². The lowest BCUT2D eigenvalue weighted by atomic mass is 10.00. The van der Waals surface area contributed by atoms with E-state index < -0.39 is 0 Å². The molecule has 0 radical (unpaired) electrons. The van der Waals surface area contributed by atoms with Crippen LogP contribution in [0, 0.1) is 0 Å². The second kappa shape index (κ2) is 4.01. The van der Waals surface area contributed by atoms with Crippen molar-refractivity contribution in [3.63, 3.8) is 0 Å². The molecule has 2 heteroatoms. The van der Waals surface area contributed by atoms with Crippen molar-refractivity contribution in [2.75, 3.05) is 17.7 Å². The van der Waals surface area contributed by atoms with Crippen LogP contribution in [0.2, 0.25) is 0 Å². The van der Waals surface area contributed by atoms with Crippen LogP contribution in [-0.4, -0.2) is 12.4 Å². The van der Waals surface area contributed by atoms with Crippen LogP contribution in [-0.2, 0) is 12.8 Å². The Hall–Kier alpha value is -0.690. The number of hydrogen-bond acceptors (Lipinski definition) is 1. The van der Waals surface area contributed by atoms with Crippen molar-refractivity contribution in [1.82, 2.24) is 0 Å². The number of alkyl halides is 1. The van der Waals surface area contributed by atoms with Gasteiger partial charge in [-0.3, -0.25) is 0 Å². The van der Waals surface area contributed by atoms with Gasteiger partial charge in [0.1, 0.15) is 0 Å². The molecule has 0 aromatic heterocycles. The maximum absolute atomic E-state index is 5.70. The Morgan fingerprint density at radius 2 is 2.31 bits per heavy atom. The number of aryl methyl sites for hydroxylation is 2.